The molecule has 4 heterocycles. The fourth-order valence-corrected chi connectivity index (χ4v) is 6.92. The van der Waals surface area contributed by atoms with Gasteiger partial charge >= 0.3 is 12.2 Å². The van der Waals surface area contributed by atoms with Crippen LogP contribution in [0.3, 0.4) is 0 Å². The zero-order valence-corrected chi connectivity index (χ0v) is 25.8. The quantitative estimate of drug-likeness (QED) is 0.275. The molecule has 6 rings (SSSR count). The molecule has 0 saturated heterocycles. The second-order valence-electron chi connectivity index (χ2n) is 14.1. The number of fused-ring (bicyclic) bond motifs is 10. The van der Waals surface area contributed by atoms with E-state index in [2.05, 4.69) is 18.7 Å². The van der Waals surface area contributed by atoms with Crippen LogP contribution in [0.2, 0.25) is 0 Å². The zero-order chi connectivity index (χ0) is 30.4. The summed E-state index contributed by atoms with van der Waals surface area (Å²) in [5.74, 6) is 0.297. The van der Waals surface area contributed by atoms with Crippen LogP contribution in [0.15, 0.2) is 48.5 Å². The van der Waals surface area contributed by atoms with Gasteiger partial charge in [0.15, 0.2) is 0 Å². The lowest BCUT2D eigenvalue weighted by Gasteiger charge is -2.51. The maximum absolute atomic E-state index is 13.8. The predicted molar refractivity (Wildman–Crippen MR) is 163 cm³/mol. The lowest BCUT2D eigenvalue weighted by molar-refractivity contribution is -0.0646. The minimum Gasteiger partial charge on any atom is -0.443 e. The molecule has 2 aromatic carbocycles. The minimum atomic E-state index is -1.51. The first-order chi connectivity index (χ1) is 19.6. The number of ether oxygens (including phenoxy) is 2. The highest BCUT2D eigenvalue weighted by Gasteiger charge is 2.56. The number of aliphatic hydroxyl groups is 1. The summed E-state index contributed by atoms with van der Waals surface area (Å²) >= 11 is 0. The fraction of sp³-hybridized carbons (Fsp3) is 0.471. The lowest BCUT2D eigenvalue weighted by atomic mass is 9.70. The van der Waals surface area contributed by atoms with Gasteiger partial charge in [0.05, 0.1) is 22.4 Å². The monoisotopic (exact) mass is 571 g/mol. The summed E-state index contributed by atoms with van der Waals surface area (Å²) in [6.07, 6.45) is -0.212. The summed E-state index contributed by atoms with van der Waals surface area (Å²) in [4.78, 5) is 29.7. The van der Waals surface area contributed by atoms with E-state index in [1.165, 1.54) is 0 Å². The van der Waals surface area contributed by atoms with E-state index in [9.17, 15) is 14.7 Å². The molecule has 2 aliphatic rings. The number of hydrogen-bond acceptors (Lipinski definition) is 6. The van der Waals surface area contributed by atoms with E-state index in [0.29, 0.717) is 52.6 Å². The lowest BCUT2D eigenvalue weighted by Crippen LogP contribution is -2.59. The number of carbonyl (C=O) groups excluding carboxylic acids is 2. The highest BCUT2D eigenvalue weighted by atomic mass is 16.6. The standard InChI is InChI=1S/C34H41N3O5/c1-20(2)17-27-34(40)28-21-13-9-11-15-23(21)36(30(38)41-32(3,4)5)25(28)18-35(27)19-26-29(34)22-14-10-12-16-24(22)37(26)31(39)42-33(6,7)8/h9-16,20,27,40H,17-19H2,1-8H3/t27-/m0/s1. The Kier molecular flexibility index (Phi) is 6.41. The first-order valence-electron chi connectivity index (χ1n) is 14.8. The number of benzene rings is 2. The average Bonchev–Trinajstić information content (AvgIpc) is 3.36. The summed E-state index contributed by atoms with van der Waals surface area (Å²) in [5, 5.41) is 15.0. The minimum absolute atomic E-state index is 0.270. The van der Waals surface area contributed by atoms with Crippen molar-refractivity contribution in [2.45, 2.75) is 97.7 Å². The van der Waals surface area contributed by atoms with Crippen LogP contribution >= 0.6 is 0 Å². The van der Waals surface area contributed by atoms with Gasteiger partial charge in [-0.05, 0) is 66.0 Å². The molecule has 222 valence electrons. The molecule has 8 heteroatoms. The Morgan fingerprint density at radius 1 is 0.810 bits per heavy atom. The van der Waals surface area contributed by atoms with Crippen molar-refractivity contribution in [1.82, 2.24) is 14.0 Å². The van der Waals surface area contributed by atoms with E-state index in [4.69, 9.17) is 9.47 Å². The van der Waals surface area contributed by atoms with Crippen molar-refractivity contribution in [1.29, 1.82) is 0 Å². The van der Waals surface area contributed by atoms with E-state index in [-0.39, 0.29) is 6.04 Å². The van der Waals surface area contributed by atoms with Gasteiger partial charge in [-0.25, -0.2) is 18.7 Å². The third kappa shape index (κ3) is 4.34. The highest BCUT2D eigenvalue weighted by Crippen LogP contribution is 2.54. The molecule has 0 aliphatic carbocycles. The Bertz CT molecular complexity index is 1610. The van der Waals surface area contributed by atoms with E-state index in [1.54, 1.807) is 9.13 Å². The Labute approximate surface area is 246 Å². The number of nitrogens with zero attached hydrogens (tertiary/aromatic N) is 3. The van der Waals surface area contributed by atoms with Gasteiger partial charge in [-0.1, -0.05) is 50.2 Å². The number of carbonyl (C=O) groups is 2. The Morgan fingerprint density at radius 3 is 1.60 bits per heavy atom. The average molecular weight is 572 g/mol. The molecule has 0 amide bonds. The number of aromatic nitrogens is 2. The van der Waals surface area contributed by atoms with E-state index < -0.39 is 29.0 Å². The van der Waals surface area contributed by atoms with Crippen molar-refractivity contribution in [2.75, 3.05) is 0 Å². The van der Waals surface area contributed by atoms with Crippen LogP contribution in [-0.4, -0.2) is 48.6 Å². The van der Waals surface area contributed by atoms with Gasteiger partial charge in [-0.2, -0.15) is 0 Å². The van der Waals surface area contributed by atoms with Crippen LogP contribution in [0.5, 0.6) is 0 Å². The third-order valence-electron chi connectivity index (χ3n) is 8.18. The Hall–Kier alpha value is -3.62. The van der Waals surface area contributed by atoms with Gasteiger partial charge in [0.25, 0.3) is 0 Å². The van der Waals surface area contributed by atoms with E-state index in [1.807, 2.05) is 90.1 Å². The van der Waals surface area contributed by atoms with Crippen LogP contribution in [0.4, 0.5) is 9.59 Å². The zero-order valence-electron chi connectivity index (χ0n) is 25.8. The van der Waals surface area contributed by atoms with Crippen molar-refractivity contribution in [3.63, 3.8) is 0 Å². The van der Waals surface area contributed by atoms with Gasteiger partial charge in [0.1, 0.15) is 16.8 Å². The molecule has 0 radical (unpaired) electrons. The van der Waals surface area contributed by atoms with E-state index in [0.717, 1.165) is 17.2 Å². The smallest absolute Gasteiger partial charge is 0.419 e. The Morgan fingerprint density at radius 2 is 1.21 bits per heavy atom. The van der Waals surface area contributed by atoms with Crippen molar-refractivity contribution in [2.24, 2.45) is 5.92 Å². The highest BCUT2D eigenvalue weighted by molar-refractivity contribution is 5.99. The van der Waals surface area contributed by atoms with Gasteiger partial charge in [0, 0.05) is 41.0 Å². The van der Waals surface area contributed by atoms with Crippen molar-refractivity contribution in [3.05, 3.63) is 71.0 Å². The molecule has 1 N–H and O–H groups in total. The summed E-state index contributed by atoms with van der Waals surface area (Å²) in [5.41, 5.74) is 1.35. The van der Waals surface area contributed by atoms with Crippen molar-refractivity contribution >= 4 is 34.0 Å². The van der Waals surface area contributed by atoms with Crippen LogP contribution < -0.4 is 0 Å². The van der Waals surface area contributed by atoms with Gasteiger partial charge in [-0.15, -0.1) is 0 Å². The second-order valence-corrected chi connectivity index (χ2v) is 14.1. The maximum atomic E-state index is 13.8. The van der Waals surface area contributed by atoms with Crippen molar-refractivity contribution < 1.29 is 24.2 Å². The third-order valence-corrected chi connectivity index (χ3v) is 8.18. The molecular formula is C34H41N3O5. The van der Waals surface area contributed by atoms with Gasteiger partial charge in [-0.3, -0.25) is 4.90 Å². The predicted octanol–water partition coefficient (Wildman–Crippen LogP) is 7.14. The SMILES string of the molecule is CC(C)C[C@@H]1N2Cc3c(c4ccccc4n3C(=O)OC(C)(C)C)C1(O)c1c(n(C(=O)OC(C)(C)C)c3ccccc13)C2. The molecule has 0 fully saturated rings. The number of hydrogen-bond donors (Lipinski definition) is 1. The molecule has 0 unspecified atom stereocenters. The molecular weight excluding hydrogens is 530 g/mol. The van der Waals surface area contributed by atoms with Crippen LogP contribution in [-0.2, 0) is 28.2 Å². The second kappa shape index (κ2) is 9.44. The van der Waals surface area contributed by atoms with Gasteiger partial charge < -0.3 is 14.6 Å². The molecule has 42 heavy (non-hydrogen) atoms. The first kappa shape index (κ1) is 28.5. The first-order valence-corrected chi connectivity index (χ1v) is 14.8. The number of rotatable bonds is 2. The summed E-state index contributed by atoms with van der Waals surface area (Å²) < 4.78 is 15.0. The van der Waals surface area contributed by atoms with Crippen LogP contribution in [0.25, 0.3) is 21.8 Å². The van der Waals surface area contributed by atoms with Crippen molar-refractivity contribution in [3.8, 4) is 0 Å². The van der Waals surface area contributed by atoms with Crippen LogP contribution in [0, 0.1) is 5.92 Å². The topological polar surface area (TPSA) is 85.9 Å². The molecule has 0 saturated carbocycles. The molecule has 8 nitrogen and oxygen atoms in total. The summed E-state index contributed by atoms with van der Waals surface area (Å²) in [6, 6.07) is 15.1. The Balaban J connectivity index is 1.70. The molecule has 1 atom stereocenters. The summed E-state index contributed by atoms with van der Waals surface area (Å²) in [7, 11) is 0. The number of para-hydroxylation sites is 2. The van der Waals surface area contributed by atoms with E-state index >= 15 is 0 Å². The van der Waals surface area contributed by atoms with Gasteiger partial charge in [0.2, 0.25) is 0 Å². The molecule has 0 spiro atoms. The molecule has 2 aliphatic heterocycles. The molecule has 2 aromatic heterocycles. The molecule has 2 bridgehead atoms. The fourth-order valence-electron chi connectivity index (χ4n) is 6.92. The molecule has 4 aromatic rings. The normalized spacial score (nSPS) is 21.9. The summed E-state index contributed by atoms with van der Waals surface area (Å²) in [6.45, 7) is 16.3. The largest absolute Gasteiger partial charge is 0.443 e. The van der Waals surface area contributed by atoms with Crippen LogP contribution in [0.1, 0.15) is 84.3 Å². The maximum Gasteiger partial charge on any atom is 0.419 e.